The SMILES string of the molecule is O=Cc1cccnc1-c1cnco1. The van der Waals surface area contributed by atoms with E-state index in [0.717, 1.165) is 6.29 Å². The molecule has 0 atom stereocenters. The minimum atomic E-state index is 0.499. The van der Waals surface area contributed by atoms with E-state index in [1.807, 2.05) is 0 Å². The third-order valence-electron chi connectivity index (χ3n) is 1.63. The molecule has 64 valence electrons. The van der Waals surface area contributed by atoms with Gasteiger partial charge in [-0.1, -0.05) is 0 Å². The Morgan fingerprint density at radius 2 is 2.38 bits per heavy atom. The van der Waals surface area contributed by atoms with Crippen molar-refractivity contribution in [3.8, 4) is 11.5 Å². The summed E-state index contributed by atoms with van der Waals surface area (Å²) in [5.41, 5.74) is 1.02. The van der Waals surface area contributed by atoms with Gasteiger partial charge in [-0.15, -0.1) is 0 Å². The number of carbonyl (C=O) groups is 1. The van der Waals surface area contributed by atoms with E-state index in [4.69, 9.17) is 4.42 Å². The highest BCUT2D eigenvalue weighted by Crippen LogP contribution is 2.18. The van der Waals surface area contributed by atoms with Gasteiger partial charge < -0.3 is 4.42 Å². The summed E-state index contributed by atoms with van der Waals surface area (Å²) in [4.78, 5) is 18.4. The number of oxazole rings is 1. The van der Waals surface area contributed by atoms with Crippen molar-refractivity contribution < 1.29 is 9.21 Å². The van der Waals surface area contributed by atoms with Crippen LogP contribution in [0.1, 0.15) is 10.4 Å². The van der Waals surface area contributed by atoms with Crippen molar-refractivity contribution in [3.05, 3.63) is 36.5 Å². The molecule has 0 saturated carbocycles. The van der Waals surface area contributed by atoms with E-state index in [-0.39, 0.29) is 0 Å². The number of nitrogens with zero attached hydrogens (tertiary/aromatic N) is 2. The molecular weight excluding hydrogens is 168 g/mol. The first-order chi connectivity index (χ1) is 6.42. The average Bonchev–Trinajstić information content (AvgIpc) is 2.70. The van der Waals surface area contributed by atoms with E-state index in [1.165, 1.54) is 12.6 Å². The Hall–Kier alpha value is -1.97. The quantitative estimate of drug-likeness (QED) is 0.648. The largest absolute Gasteiger partial charge is 0.442 e. The first-order valence-electron chi connectivity index (χ1n) is 3.71. The molecule has 2 heterocycles. The molecule has 0 aliphatic carbocycles. The molecule has 0 unspecified atom stereocenters. The fourth-order valence-electron chi connectivity index (χ4n) is 1.05. The molecule has 2 aromatic rings. The third-order valence-corrected chi connectivity index (χ3v) is 1.63. The number of rotatable bonds is 2. The van der Waals surface area contributed by atoms with Crippen LogP contribution in [0.4, 0.5) is 0 Å². The molecule has 0 radical (unpaired) electrons. The first-order valence-corrected chi connectivity index (χ1v) is 3.71. The predicted molar refractivity (Wildman–Crippen MR) is 45.1 cm³/mol. The van der Waals surface area contributed by atoms with E-state index < -0.39 is 0 Å². The zero-order valence-corrected chi connectivity index (χ0v) is 6.68. The van der Waals surface area contributed by atoms with Gasteiger partial charge >= 0.3 is 0 Å². The van der Waals surface area contributed by atoms with Crippen molar-refractivity contribution in [1.82, 2.24) is 9.97 Å². The molecule has 2 aromatic heterocycles. The summed E-state index contributed by atoms with van der Waals surface area (Å²) in [6.07, 6.45) is 5.17. The molecule has 0 aliphatic heterocycles. The van der Waals surface area contributed by atoms with E-state index in [1.54, 1.807) is 18.3 Å². The van der Waals surface area contributed by atoms with E-state index >= 15 is 0 Å². The maximum Gasteiger partial charge on any atom is 0.181 e. The zero-order chi connectivity index (χ0) is 9.10. The average molecular weight is 174 g/mol. The molecule has 0 fully saturated rings. The van der Waals surface area contributed by atoms with Crippen LogP contribution in [-0.2, 0) is 0 Å². The highest BCUT2D eigenvalue weighted by Gasteiger charge is 2.07. The minimum Gasteiger partial charge on any atom is -0.442 e. The van der Waals surface area contributed by atoms with E-state index in [0.29, 0.717) is 17.0 Å². The summed E-state index contributed by atoms with van der Waals surface area (Å²) in [6.45, 7) is 0. The molecule has 13 heavy (non-hydrogen) atoms. The topological polar surface area (TPSA) is 56.0 Å². The van der Waals surface area contributed by atoms with Gasteiger partial charge in [-0.25, -0.2) is 4.98 Å². The molecule has 4 nitrogen and oxygen atoms in total. The second-order valence-corrected chi connectivity index (χ2v) is 2.42. The van der Waals surface area contributed by atoms with Gasteiger partial charge in [0, 0.05) is 11.8 Å². The zero-order valence-electron chi connectivity index (χ0n) is 6.68. The molecule has 0 N–H and O–H groups in total. The Kier molecular flexibility index (Phi) is 1.88. The van der Waals surface area contributed by atoms with Crippen LogP contribution in [-0.4, -0.2) is 16.3 Å². The van der Waals surface area contributed by atoms with Crippen LogP contribution < -0.4 is 0 Å². The Morgan fingerprint density at radius 3 is 3.08 bits per heavy atom. The number of aldehydes is 1. The van der Waals surface area contributed by atoms with E-state index in [9.17, 15) is 4.79 Å². The molecule has 0 aliphatic rings. The number of carbonyl (C=O) groups excluding carboxylic acids is 1. The summed E-state index contributed by atoms with van der Waals surface area (Å²) in [6, 6.07) is 3.38. The monoisotopic (exact) mass is 174 g/mol. The fraction of sp³-hybridized carbons (Fsp3) is 0. The lowest BCUT2D eigenvalue weighted by Gasteiger charge is -1.96. The van der Waals surface area contributed by atoms with Gasteiger partial charge in [-0.3, -0.25) is 9.78 Å². The Balaban J connectivity index is 2.57. The van der Waals surface area contributed by atoms with Crippen molar-refractivity contribution in [2.75, 3.05) is 0 Å². The lowest BCUT2D eigenvalue weighted by atomic mass is 10.2. The first kappa shape index (κ1) is 7.67. The van der Waals surface area contributed by atoms with Gasteiger partial charge in [0.25, 0.3) is 0 Å². The van der Waals surface area contributed by atoms with Crippen LogP contribution in [0.5, 0.6) is 0 Å². The summed E-state index contributed by atoms with van der Waals surface area (Å²) < 4.78 is 5.03. The van der Waals surface area contributed by atoms with Crippen LogP contribution in [0.2, 0.25) is 0 Å². The standard InChI is InChI=1S/C9H6N2O2/c12-5-7-2-1-3-11-9(7)8-4-10-6-13-8/h1-6H. The lowest BCUT2D eigenvalue weighted by Crippen LogP contribution is -1.88. The normalized spacial score (nSPS) is 9.85. The van der Waals surface area contributed by atoms with Crippen LogP contribution in [0.3, 0.4) is 0 Å². The highest BCUT2D eigenvalue weighted by atomic mass is 16.3. The van der Waals surface area contributed by atoms with Gasteiger partial charge in [0.15, 0.2) is 18.4 Å². The van der Waals surface area contributed by atoms with Crippen molar-refractivity contribution in [2.24, 2.45) is 0 Å². The molecule has 2 rings (SSSR count). The summed E-state index contributed by atoms with van der Waals surface area (Å²) in [5.74, 6) is 0.503. The van der Waals surface area contributed by atoms with Crippen molar-refractivity contribution in [3.63, 3.8) is 0 Å². The van der Waals surface area contributed by atoms with Gasteiger partial charge in [0.2, 0.25) is 0 Å². The smallest absolute Gasteiger partial charge is 0.181 e. The van der Waals surface area contributed by atoms with Crippen LogP contribution in [0.15, 0.2) is 35.3 Å². The fourth-order valence-corrected chi connectivity index (χ4v) is 1.05. The Labute approximate surface area is 74.2 Å². The highest BCUT2D eigenvalue weighted by molar-refractivity contribution is 5.83. The Bertz CT molecular complexity index is 409. The van der Waals surface area contributed by atoms with Crippen molar-refractivity contribution in [1.29, 1.82) is 0 Å². The van der Waals surface area contributed by atoms with Crippen LogP contribution >= 0.6 is 0 Å². The molecule has 0 saturated heterocycles. The second kappa shape index (κ2) is 3.18. The van der Waals surface area contributed by atoms with Gasteiger partial charge in [0.1, 0.15) is 5.69 Å². The number of hydrogen-bond donors (Lipinski definition) is 0. The molecular formula is C9H6N2O2. The molecule has 0 spiro atoms. The van der Waals surface area contributed by atoms with Crippen molar-refractivity contribution in [2.45, 2.75) is 0 Å². The van der Waals surface area contributed by atoms with Gasteiger partial charge in [0.05, 0.1) is 6.20 Å². The summed E-state index contributed by atoms with van der Waals surface area (Å²) >= 11 is 0. The molecule has 0 amide bonds. The van der Waals surface area contributed by atoms with Gasteiger partial charge in [-0.2, -0.15) is 0 Å². The summed E-state index contributed by atoms with van der Waals surface area (Å²) in [7, 11) is 0. The molecule has 4 heteroatoms. The minimum absolute atomic E-state index is 0.499. The summed E-state index contributed by atoms with van der Waals surface area (Å²) in [5, 5.41) is 0. The van der Waals surface area contributed by atoms with Crippen molar-refractivity contribution >= 4 is 6.29 Å². The molecule has 0 aromatic carbocycles. The molecule has 0 bridgehead atoms. The number of pyridine rings is 1. The maximum absolute atomic E-state index is 10.6. The maximum atomic E-state index is 10.6. The van der Waals surface area contributed by atoms with Crippen LogP contribution in [0.25, 0.3) is 11.5 Å². The predicted octanol–water partition coefficient (Wildman–Crippen LogP) is 1.55. The number of aromatic nitrogens is 2. The Morgan fingerprint density at radius 1 is 1.46 bits per heavy atom. The van der Waals surface area contributed by atoms with Crippen LogP contribution in [0, 0.1) is 0 Å². The van der Waals surface area contributed by atoms with Gasteiger partial charge in [-0.05, 0) is 12.1 Å². The third kappa shape index (κ3) is 1.33. The lowest BCUT2D eigenvalue weighted by molar-refractivity contribution is 0.112. The number of hydrogen-bond acceptors (Lipinski definition) is 4. The van der Waals surface area contributed by atoms with E-state index in [2.05, 4.69) is 9.97 Å². The second-order valence-electron chi connectivity index (χ2n) is 2.42.